The van der Waals surface area contributed by atoms with Gasteiger partial charge in [-0.15, -0.1) is 0 Å². The molecule has 2 rings (SSSR count). The van der Waals surface area contributed by atoms with E-state index in [9.17, 15) is 14.7 Å². The van der Waals surface area contributed by atoms with Gasteiger partial charge in [-0.3, -0.25) is 0 Å². The SMILES string of the molecule is N[C@@H](Cc1ccc(O)cc1)C(=O)OC(=O)c1ccc(O)cc1. The Bertz CT molecular complexity index is 664. The number of phenolic OH excluding ortho intramolecular Hbond substituents is 2. The molecule has 1 atom stereocenters. The largest absolute Gasteiger partial charge is 0.508 e. The van der Waals surface area contributed by atoms with Crippen LogP contribution in [0.2, 0.25) is 0 Å². The van der Waals surface area contributed by atoms with Crippen molar-refractivity contribution in [3.63, 3.8) is 0 Å². The zero-order chi connectivity index (χ0) is 16.1. The highest BCUT2D eigenvalue weighted by molar-refractivity contribution is 5.98. The third kappa shape index (κ3) is 4.07. The standard InChI is InChI=1S/C16H15NO5/c17-14(9-10-1-5-12(18)6-2-10)16(21)22-15(20)11-3-7-13(19)8-4-11/h1-8,14,18-19H,9,17H2/t14-/m0/s1. The molecule has 0 amide bonds. The van der Waals surface area contributed by atoms with Gasteiger partial charge < -0.3 is 20.7 Å². The Morgan fingerprint density at radius 2 is 1.45 bits per heavy atom. The highest BCUT2D eigenvalue weighted by atomic mass is 16.6. The van der Waals surface area contributed by atoms with Gasteiger partial charge in [0.2, 0.25) is 0 Å². The number of carbonyl (C=O) groups excluding carboxylic acids is 2. The second-order valence-corrected chi connectivity index (χ2v) is 4.73. The summed E-state index contributed by atoms with van der Waals surface area (Å²) in [4.78, 5) is 23.6. The van der Waals surface area contributed by atoms with Crippen LogP contribution in [0.3, 0.4) is 0 Å². The van der Waals surface area contributed by atoms with Crippen LogP contribution in [-0.2, 0) is 16.0 Å². The van der Waals surface area contributed by atoms with Crippen LogP contribution >= 0.6 is 0 Å². The molecule has 6 heteroatoms. The first-order chi connectivity index (χ1) is 10.5. The van der Waals surface area contributed by atoms with Gasteiger partial charge in [-0.25, -0.2) is 9.59 Å². The molecule has 2 aromatic rings. The van der Waals surface area contributed by atoms with Crippen molar-refractivity contribution in [3.8, 4) is 11.5 Å². The van der Waals surface area contributed by atoms with Crippen LogP contribution in [0.25, 0.3) is 0 Å². The van der Waals surface area contributed by atoms with Gasteiger partial charge in [0.15, 0.2) is 0 Å². The van der Waals surface area contributed by atoms with Gasteiger partial charge in [0, 0.05) is 0 Å². The minimum atomic E-state index is -0.995. The zero-order valence-electron chi connectivity index (χ0n) is 11.6. The predicted molar refractivity (Wildman–Crippen MR) is 78.3 cm³/mol. The van der Waals surface area contributed by atoms with E-state index in [1.165, 1.54) is 36.4 Å². The van der Waals surface area contributed by atoms with E-state index in [0.717, 1.165) is 5.56 Å². The van der Waals surface area contributed by atoms with Crippen molar-refractivity contribution in [1.82, 2.24) is 0 Å². The summed E-state index contributed by atoms with van der Waals surface area (Å²) >= 11 is 0. The molecular weight excluding hydrogens is 286 g/mol. The highest BCUT2D eigenvalue weighted by Crippen LogP contribution is 2.13. The number of carbonyl (C=O) groups is 2. The minimum absolute atomic E-state index is 0.00640. The zero-order valence-corrected chi connectivity index (χ0v) is 11.6. The van der Waals surface area contributed by atoms with Crippen molar-refractivity contribution in [1.29, 1.82) is 0 Å². The summed E-state index contributed by atoms with van der Waals surface area (Å²) in [6.45, 7) is 0. The highest BCUT2D eigenvalue weighted by Gasteiger charge is 2.20. The smallest absolute Gasteiger partial charge is 0.345 e. The molecule has 4 N–H and O–H groups in total. The van der Waals surface area contributed by atoms with Crippen molar-refractivity contribution < 1.29 is 24.5 Å². The molecule has 6 nitrogen and oxygen atoms in total. The Labute approximate surface area is 126 Å². The fourth-order valence-corrected chi connectivity index (χ4v) is 1.79. The maximum Gasteiger partial charge on any atom is 0.345 e. The Hall–Kier alpha value is -2.86. The van der Waals surface area contributed by atoms with Crippen LogP contribution in [0.1, 0.15) is 15.9 Å². The number of nitrogens with two attached hydrogens (primary N) is 1. The molecule has 0 aliphatic carbocycles. The van der Waals surface area contributed by atoms with Crippen LogP contribution in [0.4, 0.5) is 0 Å². The molecule has 0 fully saturated rings. The first-order valence-corrected chi connectivity index (χ1v) is 6.54. The van der Waals surface area contributed by atoms with Gasteiger partial charge in [0.1, 0.15) is 17.5 Å². The number of hydrogen-bond donors (Lipinski definition) is 3. The molecule has 22 heavy (non-hydrogen) atoms. The first kappa shape index (κ1) is 15.5. The summed E-state index contributed by atoms with van der Waals surface area (Å²) in [5.41, 5.74) is 6.59. The second kappa shape index (κ2) is 6.73. The molecule has 0 radical (unpaired) electrons. The van der Waals surface area contributed by atoms with E-state index in [1.54, 1.807) is 12.1 Å². The van der Waals surface area contributed by atoms with Crippen LogP contribution in [0.5, 0.6) is 11.5 Å². The number of phenols is 2. The third-order valence-electron chi connectivity index (χ3n) is 2.99. The number of rotatable bonds is 4. The normalized spacial score (nSPS) is 11.7. The fourth-order valence-electron chi connectivity index (χ4n) is 1.79. The molecule has 0 aliphatic rings. The lowest BCUT2D eigenvalue weighted by molar-refractivity contribution is -0.139. The average molecular weight is 301 g/mol. The van der Waals surface area contributed by atoms with E-state index in [4.69, 9.17) is 15.6 Å². The molecule has 0 saturated heterocycles. The Balaban J connectivity index is 1.94. The number of esters is 2. The van der Waals surface area contributed by atoms with Gasteiger partial charge in [-0.2, -0.15) is 0 Å². The van der Waals surface area contributed by atoms with Gasteiger partial charge in [0.25, 0.3) is 0 Å². The van der Waals surface area contributed by atoms with E-state index in [1.807, 2.05) is 0 Å². The minimum Gasteiger partial charge on any atom is -0.508 e. The lowest BCUT2D eigenvalue weighted by Gasteiger charge is -2.10. The summed E-state index contributed by atoms with van der Waals surface area (Å²) in [7, 11) is 0. The van der Waals surface area contributed by atoms with Crippen molar-refractivity contribution in [2.24, 2.45) is 5.73 Å². The molecule has 0 aliphatic heterocycles. The van der Waals surface area contributed by atoms with Crippen molar-refractivity contribution in [2.75, 3.05) is 0 Å². The quantitative estimate of drug-likeness (QED) is 0.581. The lowest BCUT2D eigenvalue weighted by Crippen LogP contribution is -2.35. The summed E-state index contributed by atoms with van der Waals surface area (Å²) in [5.74, 6) is -1.55. The summed E-state index contributed by atoms with van der Waals surface area (Å²) in [6, 6.07) is 10.5. The maximum absolute atomic E-state index is 11.8. The van der Waals surface area contributed by atoms with Gasteiger partial charge >= 0.3 is 11.9 Å². The second-order valence-electron chi connectivity index (χ2n) is 4.73. The lowest BCUT2D eigenvalue weighted by atomic mass is 10.1. The average Bonchev–Trinajstić information content (AvgIpc) is 2.50. The fraction of sp³-hybridized carbons (Fsp3) is 0.125. The molecule has 0 heterocycles. The molecular formula is C16H15NO5. The topological polar surface area (TPSA) is 110 Å². The van der Waals surface area contributed by atoms with E-state index < -0.39 is 18.0 Å². The Morgan fingerprint density at radius 1 is 0.955 bits per heavy atom. The molecule has 0 aromatic heterocycles. The van der Waals surface area contributed by atoms with E-state index in [0.29, 0.717) is 0 Å². The van der Waals surface area contributed by atoms with Crippen LogP contribution < -0.4 is 5.73 Å². The van der Waals surface area contributed by atoms with Crippen LogP contribution in [0.15, 0.2) is 48.5 Å². The van der Waals surface area contributed by atoms with Gasteiger partial charge in [0.05, 0.1) is 5.56 Å². The molecule has 0 saturated carbocycles. The number of hydrogen-bond acceptors (Lipinski definition) is 6. The summed E-state index contributed by atoms with van der Waals surface area (Å²) in [6.07, 6.45) is 0.183. The van der Waals surface area contributed by atoms with E-state index in [-0.39, 0.29) is 23.5 Å². The van der Waals surface area contributed by atoms with Gasteiger partial charge in [-0.1, -0.05) is 12.1 Å². The van der Waals surface area contributed by atoms with Crippen LogP contribution in [-0.4, -0.2) is 28.2 Å². The Kier molecular flexibility index (Phi) is 4.75. The van der Waals surface area contributed by atoms with Crippen molar-refractivity contribution in [2.45, 2.75) is 12.5 Å². The summed E-state index contributed by atoms with van der Waals surface area (Å²) < 4.78 is 4.70. The molecule has 0 bridgehead atoms. The molecule has 0 spiro atoms. The molecule has 0 unspecified atom stereocenters. The van der Waals surface area contributed by atoms with Crippen molar-refractivity contribution in [3.05, 3.63) is 59.7 Å². The number of benzene rings is 2. The maximum atomic E-state index is 11.8. The predicted octanol–water partition coefficient (Wildman–Crippen LogP) is 1.35. The first-order valence-electron chi connectivity index (χ1n) is 6.54. The van der Waals surface area contributed by atoms with E-state index in [2.05, 4.69) is 0 Å². The number of aromatic hydroxyl groups is 2. The monoisotopic (exact) mass is 301 g/mol. The molecule has 2 aromatic carbocycles. The third-order valence-corrected chi connectivity index (χ3v) is 2.99. The van der Waals surface area contributed by atoms with E-state index >= 15 is 0 Å². The summed E-state index contributed by atoms with van der Waals surface area (Å²) in [5, 5.41) is 18.3. The number of ether oxygens (including phenoxy) is 1. The van der Waals surface area contributed by atoms with Crippen molar-refractivity contribution >= 4 is 11.9 Å². The van der Waals surface area contributed by atoms with Crippen LogP contribution in [0, 0.1) is 0 Å². The molecule has 114 valence electrons. The van der Waals surface area contributed by atoms with Gasteiger partial charge in [-0.05, 0) is 48.4 Å². The Morgan fingerprint density at radius 3 is 2.00 bits per heavy atom.